The molecule has 6 heteroatoms. The van der Waals surface area contributed by atoms with Gasteiger partial charge in [-0.25, -0.2) is 4.98 Å². The van der Waals surface area contributed by atoms with Gasteiger partial charge in [0.05, 0.1) is 5.69 Å². The van der Waals surface area contributed by atoms with Crippen LogP contribution in [-0.4, -0.2) is 40.5 Å². The van der Waals surface area contributed by atoms with E-state index in [1.54, 1.807) is 11.3 Å². The number of nitrogens with two attached hydrogens (primary N) is 1. The molecule has 20 heavy (non-hydrogen) atoms. The van der Waals surface area contributed by atoms with Gasteiger partial charge in [-0.15, -0.1) is 11.3 Å². The highest BCUT2D eigenvalue weighted by Gasteiger charge is 2.21. The standard InChI is InChI=1S/C14H24N4S2/c1-5-11(15)8-12-13(17(3)10(2)9-19-4)16-14-18(12)6-7-20-14/h6-7,10-11H,5,8-9,15H2,1-4H3. The van der Waals surface area contributed by atoms with E-state index in [9.17, 15) is 0 Å². The van der Waals surface area contributed by atoms with Crippen LogP contribution in [0.3, 0.4) is 0 Å². The average Bonchev–Trinajstić information content (AvgIpc) is 3.00. The summed E-state index contributed by atoms with van der Waals surface area (Å²) in [5, 5.41) is 2.08. The third-order valence-corrected chi connectivity index (χ3v) is 5.30. The van der Waals surface area contributed by atoms with Gasteiger partial charge in [-0.1, -0.05) is 6.92 Å². The Labute approximate surface area is 129 Å². The van der Waals surface area contributed by atoms with Crippen molar-refractivity contribution in [3.63, 3.8) is 0 Å². The van der Waals surface area contributed by atoms with E-state index in [0.29, 0.717) is 6.04 Å². The molecule has 0 aliphatic rings. The van der Waals surface area contributed by atoms with E-state index in [2.05, 4.69) is 48.0 Å². The van der Waals surface area contributed by atoms with Gasteiger partial charge in [0.1, 0.15) is 0 Å². The average molecular weight is 313 g/mol. The van der Waals surface area contributed by atoms with Crippen LogP contribution in [0, 0.1) is 0 Å². The van der Waals surface area contributed by atoms with E-state index < -0.39 is 0 Å². The van der Waals surface area contributed by atoms with E-state index in [1.807, 2.05) is 11.8 Å². The molecule has 2 rings (SSSR count). The Morgan fingerprint density at radius 2 is 2.30 bits per heavy atom. The van der Waals surface area contributed by atoms with Crippen molar-refractivity contribution in [3.8, 4) is 0 Å². The number of fused-ring (bicyclic) bond motifs is 1. The SMILES string of the molecule is CCC(N)Cc1c(N(C)C(C)CSC)nc2sccn12. The molecule has 2 aromatic rings. The minimum absolute atomic E-state index is 0.192. The molecule has 2 N–H and O–H groups in total. The summed E-state index contributed by atoms with van der Waals surface area (Å²) in [5.74, 6) is 2.18. The van der Waals surface area contributed by atoms with Crippen LogP contribution in [0.1, 0.15) is 26.0 Å². The van der Waals surface area contributed by atoms with Crippen LogP contribution in [0.4, 0.5) is 5.82 Å². The highest BCUT2D eigenvalue weighted by Crippen LogP contribution is 2.27. The molecular weight excluding hydrogens is 288 g/mol. The number of hydrogen-bond donors (Lipinski definition) is 1. The van der Waals surface area contributed by atoms with Crippen molar-refractivity contribution in [2.45, 2.75) is 38.8 Å². The normalized spacial score (nSPS) is 14.7. The van der Waals surface area contributed by atoms with Gasteiger partial charge in [0, 0.05) is 42.9 Å². The summed E-state index contributed by atoms with van der Waals surface area (Å²) in [7, 11) is 2.13. The maximum atomic E-state index is 6.17. The van der Waals surface area contributed by atoms with Gasteiger partial charge >= 0.3 is 0 Å². The molecule has 0 aromatic carbocycles. The van der Waals surface area contributed by atoms with Crippen LogP contribution in [0.25, 0.3) is 4.96 Å². The second-order valence-corrected chi connectivity index (χ2v) is 7.01. The van der Waals surface area contributed by atoms with Crippen molar-refractivity contribution >= 4 is 33.9 Å². The Balaban J connectivity index is 2.35. The summed E-state index contributed by atoms with van der Waals surface area (Å²) in [6, 6.07) is 0.656. The van der Waals surface area contributed by atoms with E-state index in [1.165, 1.54) is 5.69 Å². The lowest BCUT2D eigenvalue weighted by Crippen LogP contribution is -2.33. The molecule has 2 aromatic heterocycles. The van der Waals surface area contributed by atoms with Crippen molar-refractivity contribution in [2.75, 3.05) is 24.0 Å². The third kappa shape index (κ3) is 3.13. The molecule has 0 bridgehead atoms. The molecule has 0 aliphatic carbocycles. The first-order valence-electron chi connectivity index (χ1n) is 7.00. The van der Waals surface area contributed by atoms with E-state index in [-0.39, 0.29) is 6.04 Å². The van der Waals surface area contributed by atoms with Crippen LogP contribution in [-0.2, 0) is 6.42 Å². The fraction of sp³-hybridized carbons (Fsp3) is 0.643. The first kappa shape index (κ1) is 15.7. The molecule has 4 nitrogen and oxygen atoms in total. The van der Waals surface area contributed by atoms with E-state index in [0.717, 1.165) is 29.4 Å². The van der Waals surface area contributed by atoms with Gasteiger partial charge in [0.15, 0.2) is 10.8 Å². The maximum absolute atomic E-state index is 6.17. The lowest BCUT2D eigenvalue weighted by molar-refractivity contribution is 0.630. The number of thioether (sulfide) groups is 1. The zero-order valence-electron chi connectivity index (χ0n) is 12.7. The summed E-state index contributed by atoms with van der Waals surface area (Å²) in [6.45, 7) is 4.38. The van der Waals surface area contributed by atoms with Crippen LogP contribution in [0.15, 0.2) is 11.6 Å². The molecule has 0 aliphatic heterocycles. The maximum Gasteiger partial charge on any atom is 0.195 e. The highest BCUT2D eigenvalue weighted by molar-refractivity contribution is 7.98. The van der Waals surface area contributed by atoms with Crippen molar-refractivity contribution < 1.29 is 0 Å². The molecule has 0 saturated heterocycles. The van der Waals surface area contributed by atoms with Gasteiger partial charge < -0.3 is 10.6 Å². The minimum Gasteiger partial charge on any atom is -0.355 e. The summed E-state index contributed by atoms with van der Waals surface area (Å²) >= 11 is 3.55. The lowest BCUT2D eigenvalue weighted by atomic mass is 10.1. The second kappa shape index (κ2) is 6.83. The molecular formula is C14H24N4S2. The number of aromatic nitrogens is 2. The smallest absolute Gasteiger partial charge is 0.195 e. The topological polar surface area (TPSA) is 46.6 Å². The quantitative estimate of drug-likeness (QED) is 0.854. The number of thiazole rings is 1. The minimum atomic E-state index is 0.192. The Hall–Kier alpha value is -0.720. The molecule has 112 valence electrons. The van der Waals surface area contributed by atoms with Gasteiger partial charge in [-0.2, -0.15) is 11.8 Å². The summed E-state index contributed by atoms with van der Waals surface area (Å²) in [6.07, 6.45) is 6.10. The third-order valence-electron chi connectivity index (χ3n) is 3.72. The van der Waals surface area contributed by atoms with Gasteiger partial charge in [0.2, 0.25) is 0 Å². The molecule has 2 atom stereocenters. The first-order valence-corrected chi connectivity index (χ1v) is 9.27. The Morgan fingerprint density at radius 1 is 1.55 bits per heavy atom. The Morgan fingerprint density at radius 3 is 2.95 bits per heavy atom. The van der Waals surface area contributed by atoms with Crippen LogP contribution >= 0.6 is 23.1 Å². The largest absolute Gasteiger partial charge is 0.355 e. The van der Waals surface area contributed by atoms with Crippen molar-refractivity contribution in [3.05, 3.63) is 17.3 Å². The zero-order chi connectivity index (χ0) is 14.7. The van der Waals surface area contributed by atoms with Gasteiger partial charge in [-0.3, -0.25) is 4.40 Å². The van der Waals surface area contributed by atoms with E-state index >= 15 is 0 Å². The molecule has 0 radical (unpaired) electrons. The summed E-state index contributed by atoms with van der Waals surface area (Å²) in [5.41, 5.74) is 7.41. The molecule has 0 saturated carbocycles. The van der Waals surface area contributed by atoms with Gasteiger partial charge in [0.25, 0.3) is 0 Å². The molecule has 0 spiro atoms. The van der Waals surface area contributed by atoms with Crippen molar-refractivity contribution in [1.82, 2.24) is 9.38 Å². The summed E-state index contributed by atoms with van der Waals surface area (Å²) < 4.78 is 2.19. The summed E-state index contributed by atoms with van der Waals surface area (Å²) in [4.78, 5) is 8.15. The van der Waals surface area contributed by atoms with Crippen LogP contribution in [0.2, 0.25) is 0 Å². The fourth-order valence-corrected chi connectivity index (χ4v) is 3.68. The number of hydrogen-bond acceptors (Lipinski definition) is 5. The monoisotopic (exact) mass is 312 g/mol. The van der Waals surface area contributed by atoms with E-state index in [4.69, 9.17) is 10.7 Å². The molecule has 2 unspecified atom stereocenters. The number of nitrogens with zero attached hydrogens (tertiary/aromatic N) is 3. The predicted octanol–water partition coefficient (Wildman–Crippen LogP) is 2.86. The van der Waals surface area contributed by atoms with Gasteiger partial charge in [-0.05, 0) is 19.6 Å². The second-order valence-electron chi connectivity index (χ2n) is 5.23. The van der Waals surface area contributed by atoms with Crippen molar-refractivity contribution in [2.24, 2.45) is 5.73 Å². The van der Waals surface area contributed by atoms with Crippen molar-refractivity contribution in [1.29, 1.82) is 0 Å². The molecule has 0 amide bonds. The fourth-order valence-electron chi connectivity index (χ4n) is 2.25. The zero-order valence-corrected chi connectivity index (χ0v) is 14.3. The highest BCUT2D eigenvalue weighted by atomic mass is 32.2. The van der Waals surface area contributed by atoms with Crippen LogP contribution in [0.5, 0.6) is 0 Å². The van der Waals surface area contributed by atoms with Crippen LogP contribution < -0.4 is 10.6 Å². The predicted molar refractivity (Wildman–Crippen MR) is 91.3 cm³/mol. The Kier molecular flexibility index (Phi) is 5.35. The number of anilines is 1. The number of imidazole rings is 1. The molecule has 2 heterocycles. The Bertz CT molecular complexity index is 548. The number of rotatable bonds is 7. The lowest BCUT2D eigenvalue weighted by Gasteiger charge is -2.26. The first-order chi connectivity index (χ1) is 9.58. The molecule has 0 fully saturated rings.